The van der Waals surface area contributed by atoms with Crippen molar-refractivity contribution in [2.45, 2.75) is 31.2 Å². The maximum atomic E-state index is 12.9. The zero-order chi connectivity index (χ0) is 22.1. The number of carboxylic acid groups (broad SMARTS) is 1. The van der Waals surface area contributed by atoms with Gasteiger partial charge in [-0.15, -0.1) is 23.1 Å². The van der Waals surface area contributed by atoms with Gasteiger partial charge in [0.1, 0.15) is 29.4 Å². The van der Waals surface area contributed by atoms with Gasteiger partial charge in [-0.1, -0.05) is 17.3 Å². The number of anilines is 1. The molecule has 2 fully saturated rings. The number of hydrogen-bond donors (Lipinski definition) is 3. The second-order valence-electron chi connectivity index (χ2n) is 7.29. The number of oxime groups is 1. The highest BCUT2D eigenvalue weighted by Crippen LogP contribution is 2.40. The van der Waals surface area contributed by atoms with Crippen LogP contribution in [0, 0.1) is 5.92 Å². The van der Waals surface area contributed by atoms with Gasteiger partial charge in [-0.3, -0.25) is 14.5 Å². The largest absolute Gasteiger partial charge is 0.477 e. The third kappa shape index (κ3) is 4.30. The first-order valence-corrected chi connectivity index (χ1v) is 11.6. The van der Waals surface area contributed by atoms with Crippen molar-refractivity contribution in [3.05, 3.63) is 34.5 Å². The molecule has 10 nitrogen and oxygen atoms in total. The predicted molar refractivity (Wildman–Crippen MR) is 116 cm³/mol. The Balaban J connectivity index is 1.51. The summed E-state index contributed by atoms with van der Waals surface area (Å²) in [6.45, 7) is 2.19. The molecule has 0 bridgehead atoms. The molecule has 2 aliphatic heterocycles. The molecule has 31 heavy (non-hydrogen) atoms. The first-order valence-electron chi connectivity index (χ1n) is 9.66. The van der Waals surface area contributed by atoms with E-state index in [9.17, 15) is 19.5 Å². The van der Waals surface area contributed by atoms with Crippen molar-refractivity contribution < 1.29 is 24.3 Å². The molecule has 4 rings (SSSR count). The number of thioether (sulfide) groups is 1. The first kappa shape index (κ1) is 21.4. The van der Waals surface area contributed by atoms with Crippen LogP contribution in [0.4, 0.5) is 5.13 Å². The molecule has 1 saturated carbocycles. The Morgan fingerprint density at radius 2 is 2.26 bits per heavy atom. The molecule has 1 unspecified atom stereocenters. The number of aromatic nitrogens is 1. The minimum Gasteiger partial charge on any atom is -0.477 e. The average molecular weight is 464 g/mol. The summed E-state index contributed by atoms with van der Waals surface area (Å²) in [5, 5.41) is 17.6. The highest BCUT2D eigenvalue weighted by atomic mass is 32.2. The van der Waals surface area contributed by atoms with Gasteiger partial charge < -0.3 is 21.0 Å². The number of aliphatic carboxylic acids is 1. The van der Waals surface area contributed by atoms with E-state index >= 15 is 0 Å². The molecule has 1 aliphatic carbocycles. The van der Waals surface area contributed by atoms with E-state index in [0.717, 1.165) is 24.2 Å². The summed E-state index contributed by atoms with van der Waals surface area (Å²) in [6.07, 6.45) is 5.55. The number of carbonyl (C=O) groups is 3. The number of hydrogen-bond acceptors (Lipinski definition) is 9. The summed E-state index contributed by atoms with van der Waals surface area (Å²) in [5.41, 5.74) is 6.39. The van der Waals surface area contributed by atoms with Crippen LogP contribution in [-0.2, 0) is 19.2 Å². The number of nitrogens with one attached hydrogen (secondary N) is 1. The van der Waals surface area contributed by atoms with Gasteiger partial charge in [-0.25, -0.2) is 9.78 Å². The number of nitrogens with zero attached hydrogens (tertiary/aromatic N) is 3. The fourth-order valence-corrected chi connectivity index (χ4v) is 5.14. The van der Waals surface area contributed by atoms with Gasteiger partial charge in [-0.2, -0.15) is 0 Å². The van der Waals surface area contributed by atoms with Gasteiger partial charge in [0.15, 0.2) is 10.8 Å². The SMILES string of the molecule is C/C=C\C1=C(C(=O)O)N2C(=O)C(NC(=O)/C(=N\OCC3CC3)c3csc(N)n3)[C@H]2SC1. The van der Waals surface area contributed by atoms with Crippen molar-refractivity contribution in [2.75, 3.05) is 18.1 Å². The average Bonchev–Trinajstić information content (AvgIpc) is 3.47. The fourth-order valence-electron chi connectivity index (χ4n) is 3.27. The van der Waals surface area contributed by atoms with Gasteiger partial charge >= 0.3 is 5.97 Å². The van der Waals surface area contributed by atoms with E-state index in [2.05, 4.69) is 15.5 Å². The highest BCUT2D eigenvalue weighted by Gasteiger charge is 2.54. The molecule has 0 radical (unpaired) electrons. The van der Waals surface area contributed by atoms with Gasteiger partial charge in [0.25, 0.3) is 11.8 Å². The lowest BCUT2D eigenvalue weighted by atomic mass is 10.0. The lowest BCUT2D eigenvalue weighted by Gasteiger charge is -2.49. The molecule has 1 aromatic rings. The van der Waals surface area contributed by atoms with Crippen LogP contribution in [0.15, 0.2) is 34.0 Å². The minimum absolute atomic E-state index is 0.0497. The van der Waals surface area contributed by atoms with Crippen molar-refractivity contribution in [1.29, 1.82) is 0 Å². The van der Waals surface area contributed by atoms with Gasteiger partial charge in [0.05, 0.1) is 0 Å². The Hall–Kier alpha value is -2.86. The Morgan fingerprint density at radius 1 is 1.48 bits per heavy atom. The zero-order valence-electron chi connectivity index (χ0n) is 16.6. The second-order valence-corrected chi connectivity index (χ2v) is 9.28. The summed E-state index contributed by atoms with van der Waals surface area (Å²) in [5.74, 6) is -1.42. The van der Waals surface area contributed by atoms with E-state index in [-0.39, 0.29) is 22.2 Å². The number of carboxylic acids is 1. The van der Waals surface area contributed by atoms with Crippen molar-refractivity contribution in [3.8, 4) is 0 Å². The molecule has 3 heterocycles. The number of rotatable bonds is 8. The monoisotopic (exact) mass is 463 g/mol. The number of nitrogen functional groups attached to an aromatic ring is 1. The highest BCUT2D eigenvalue weighted by molar-refractivity contribution is 8.00. The summed E-state index contributed by atoms with van der Waals surface area (Å²) in [4.78, 5) is 48.0. The van der Waals surface area contributed by atoms with Crippen LogP contribution in [0.3, 0.4) is 0 Å². The molecule has 12 heteroatoms. The van der Waals surface area contributed by atoms with Crippen LogP contribution in [0.2, 0.25) is 0 Å². The van der Waals surface area contributed by atoms with E-state index in [4.69, 9.17) is 10.6 Å². The van der Waals surface area contributed by atoms with Crippen LogP contribution in [0.1, 0.15) is 25.5 Å². The lowest BCUT2D eigenvalue weighted by Crippen LogP contribution is -2.71. The van der Waals surface area contributed by atoms with Crippen LogP contribution in [-0.4, -0.2) is 62.3 Å². The van der Waals surface area contributed by atoms with E-state index in [1.54, 1.807) is 24.5 Å². The third-order valence-corrected chi connectivity index (χ3v) is 6.97. The number of nitrogens with two attached hydrogens (primary N) is 1. The number of thiazole rings is 1. The summed E-state index contributed by atoms with van der Waals surface area (Å²) in [7, 11) is 0. The number of β-lactam (4-membered cyclic amide) rings is 1. The van der Waals surface area contributed by atoms with E-state index in [1.165, 1.54) is 16.7 Å². The number of allylic oxidation sites excluding steroid dienone is 2. The molecule has 3 aliphatic rings. The van der Waals surface area contributed by atoms with Crippen LogP contribution in [0.5, 0.6) is 0 Å². The quantitative estimate of drug-likeness (QED) is 0.296. The number of carbonyl (C=O) groups excluding carboxylic acids is 2. The summed E-state index contributed by atoms with van der Waals surface area (Å²) < 4.78 is 0. The zero-order valence-corrected chi connectivity index (χ0v) is 18.2. The minimum atomic E-state index is -1.18. The van der Waals surface area contributed by atoms with Crippen molar-refractivity contribution >= 4 is 51.7 Å². The summed E-state index contributed by atoms with van der Waals surface area (Å²) >= 11 is 2.55. The molecule has 1 saturated heterocycles. The normalized spacial score (nSPS) is 23.6. The maximum absolute atomic E-state index is 12.9. The Labute approximate surface area is 186 Å². The number of fused-ring (bicyclic) bond motifs is 1. The molecular formula is C19H21N5O5S2. The Kier molecular flexibility index (Phi) is 6.01. The van der Waals surface area contributed by atoms with Gasteiger partial charge in [-0.05, 0) is 31.3 Å². The topological polar surface area (TPSA) is 147 Å². The van der Waals surface area contributed by atoms with E-state index in [0.29, 0.717) is 23.9 Å². The summed E-state index contributed by atoms with van der Waals surface area (Å²) in [6, 6.07) is -0.872. The lowest BCUT2D eigenvalue weighted by molar-refractivity contribution is -0.150. The van der Waals surface area contributed by atoms with Crippen LogP contribution in [0.25, 0.3) is 0 Å². The molecule has 4 N–H and O–H groups in total. The Morgan fingerprint density at radius 3 is 2.87 bits per heavy atom. The van der Waals surface area contributed by atoms with Crippen LogP contribution >= 0.6 is 23.1 Å². The molecule has 1 aromatic heterocycles. The standard InChI is InChI=1S/C19H21N5O5S2/c1-2-3-10-7-30-17-13(16(26)24(17)14(10)18(27)28)22-15(25)12(11-8-31-19(20)21-11)23-29-6-9-4-5-9/h2-3,8-9,13,17H,4-7H2,1H3,(H2,20,21)(H,22,25)(H,27,28)/b3-2-,23-12-/t13?,17-/m1/s1. The molecule has 0 aromatic carbocycles. The molecule has 0 spiro atoms. The predicted octanol–water partition coefficient (Wildman–Crippen LogP) is 1.17. The van der Waals surface area contributed by atoms with E-state index < -0.39 is 29.2 Å². The van der Waals surface area contributed by atoms with E-state index in [1.807, 2.05) is 0 Å². The molecule has 2 amide bonds. The maximum Gasteiger partial charge on any atom is 0.352 e. The van der Waals surface area contributed by atoms with Crippen LogP contribution < -0.4 is 11.1 Å². The van der Waals surface area contributed by atoms with Crippen molar-refractivity contribution in [3.63, 3.8) is 0 Å². The second kappa shape index (κ2) is 8.71. The number of amides is 2. The van der Waals surface area contributed by atoms with Gasteiger partial charge in [0, 0.05) is 11.1 Å². The molecular weight excluding hydrogens is 442 g/mol. The first-order chi connectivity index (χ1) is 14.9. The fraction of sp³-hybridized carbons (Fsp3) is 0.421. The Bertz CT molecular complexity index is 1010. The van der Waals surface area contributed by atoms with Gasteiger partial charge in [0.2, 0.25) is 0 Å². The molecule has 164 valence electrons. The molecule has 2 atom stereocenters. The van der Waals surface area contributed by atoms with Crippen molar-refractivity contribution in [1.82, 2.24) is 15.2 Å². The van der Waals surface area contributed by atoms with Crippen molar-refractivity contribution in [2.24, 2.45) is 11.1 Å². The smallest absolute Gasteiger partial charge is 0.352 e. The third-order valence-electron chi connectivity index (χ3n) is 5.00.